The smallest absolute Gasteiger partial charge is 0.316 e. The zero-order valence-corrected chi connectivity index (χ0v) is 17.2. The molecule has 1 amide bonds. The molecule has 28 heavy (non-hydrogen) atoms. The first-order chi connectivity index (χ1) is 13.3. The Morgan fingerprint density at radius 2 is 1.79 bits per heavy atom. The lowest BCUT2D eigenvalue weighted by molar-refractivity contribution is -0.384. The normalized spacial score (nSPS) is 10.4. The molecule has 0 saturated heterocycles. The maximum absolute atomic E-state index is 11.9. The van der Waals surface area contributed by atoms with Gasteiger partial charge in [-0.2, -0.15) is 0 Å². The quantitative estimate of drug-likeness (QED) is 0.337. The number of rotatable bonds is 8. The fourth-order valence-electron chi connectivity index (χ4n) is 1.98. The van der Waals surface area contributed by atoms with Crippen molar-refractivity contribution in [2.24, 2.45) is 0 Å². The summed E-state index contributed by atoms with van der Waals surface area (Å²) >= 11 is 18.9. The van der Waals surface area contributed by atoms with Gasteiger partial charge in [-0.3, -0.25) is 19.7 Å². The van der Waals surface area contributed by atoms with Crippen LogP contribution in [0.25, 0.3) is 0 Å². The molecule has 0 atom stereocenters. The van der Waals surface area contributed by atoms with Crippen molar-refractivity contribution < 1.29 is 19.2 Å². The van der Waals surface area contributed by atoms with Crippen LogP contribution in [0.2, 0.25) is 15.1 Å². The number of nitro benzene ring substituents is 1. The number of thioether (sulfide) groups is 1. The number of nitrogens with zero attached hydrogens (tertiary/aromatic N) is 1. The lowest BCUT2D eigenvalue weighted by Crippen LogP contribution is -2.21. The minimum absolute atomic E-state index is 0.0328. The van der Waals surface area contributed by atoms with Crippen LogP contribution in [0.1, 0.15) is 5.56 Å². The van der Waals surface area contributed by atoms with Gasteiger partial charge in [0.2, 0.25) is 0 Å². The molecule has 0 radical (unpaired) electrons. The summed E-state index contributed by atoms with van der Waals surface area (Å²) in [5, 5.41) is 14.1. The second-order valence-electron chi connectivity index (χ2n) is 5.37. The molecule has 2 aromatic carbocycles. The maximum atomic E-state index is 11.9. The summed E-state index contributed by atoms with van der Waals surface area (Å²) in [6.45, 7) is -0.537. The highest BCUT2D eigenvalue weighted by molar-refractivity contribution is 7.99. The summed E-state index contributed by atoms with van der Waals surface area (Å²) in [5.41, 5.74) is 0.728. The van der Waals surface area contributed by atoms with E-state index >= 15 is 0 Å². The SMILES string of the molecule is O=C(COC(=O)CSCc1ccc(Cl)c(Cl)c1)Nc1cc([N+](=O)[O-])ccc1Cl. The van der Waals surface area contributed by atoms with Gasteiger partial charge in [-0.15, -0.1) is 11.8 Å². The molecule has 0 aliphatic rings. The first kappa shape index (κ1) is 22.3. The lowest BCUT2D eigenvalue weighted by Gasteiger charge is -2.08. The Bertz CT molecular complexity index is 910. The molecule has 0 unspecified atom stereocenters. The first-order valence-corrected chi connectivity index (χ1v) is 9.96. The topological polar surface area (TPSA) is 98.5 Å². The van der Waals surface area contributed by atoms with E-state index in [1.807, 2.05) is 0 Å². The van der Waals surface area contributed by atoms with Crippen LogP contribution < -0.4 is 5.32 Å². The molecule has 0 aromatic heterocycles. The second kappa shape index (κ2) is 10.5. The molecule has 2 aromatic rings. The Hall–Kier alpha value is -2.00. The third kappa shape index (κ3) is 6.87. The molecule has 11 heteroatoms. The number of carbonyl (C=O) groups is 2. The molecule has 0 fully saturated rings. The zero-order valence-electron chi connectivity index (χ0n) is 14.1. The molecule has 0 spiro atoms. The Balaban J connectivity index is 1.76. The van der Waals surface area contributed by atoms with Gasteiger partial charge in [0, 0.05) is 17.9 Å². The summed E-state index contributed by atoms with van der Waals surface area (Å²) in [4.78, 5) is 33.8. The van der Waals surface area contributed by atoms with Gasteiger partial charge in [-0.1, -0.05) is 40.9 Å². The van der Waals surface area contributed by atoms with Crippen LogP contribution in [0.3, 0.4) is 0 Å². The molecule has 0 bridgehead atoms. The van der Waals surface area contributed by atoms with E-state index in [9.17, 15) is 19.7 Å². The number of hydrogen-bond donors (Lipinski definition) is 1. The van der Waals surface area contributed by atoms with E-state index in [0.29, 0.717) is 15.8 Å². The minimum Gasteiger partial charge on any atom is -0.455 e. The third-order valence-corrected chi connectivity index (χ3v) is 5.32. The number of anilines is 1. The lowest BCUT2D eigenvalue weighted by atomic mass is 10.2. The number of benzene rings is 2. The van der Waals surface area contributed by atoms with Crippen molar-refractivity contribution in [2.75, 3.05) is 17.7 Å². The number of nitro groups is 1. The summed E-state index contributed by atoms with van der Waals surface area (Å²) in [5.74, 6) is -0.692. The van der Waals surface area contributed by atoms with Crippen molar-refractivity contribution in [2.45, 2.75) is 5.75 Å². The van der Waals surface area contributed by atoms with Crippen LogP contribution in [-0.2, 0) is 20.1 Å². The van der Waals surface area contributed by atoms with Gasteiger partial charge in [-0.25, -0.2) is 0 Å². The number of nitrogens with one attached hydrogen (secondary N) is 1. The average Bonchev–Trinajstić information content (AvgIpc) is 2.64. The number of ether oxygens (including phenoxy) is 1. The minimum atomic E-state index is -0.662. The van der Waals surface area contributed by atoms with E-state index in [-0.39, 0.29) is 22.2 Å². The number of amides is 1. The monoisotopic (exact) mass is 462 g/mol. The van der Waals surface area contributed by atoms with Gasteiger partial charge >= 0.3 is 5.97 Å². The van der Waals surface area contributed by atoms with Gasteiger partial charge in [0.05, 0.1) is 31.4 Å². The van der Waals surface area contributed by atoms with Crippen LogP contribution in [0.4, 0.5) is 11.4 Å². The van der Waals surface area contributed by atoms with Crippen molar-refractivity contribution in [3.05, 3.63) is 67.1 Å². The molecule has 0 aliphatic carbocycles. The van der Waals surface area contributed by atoms with Crippen LogP contribution in [0.15, 0.2) is 36.4 Å². The van der Waals surface area contributed by atoms with E-state index in [4.69, 9.17) is 39.5 Å². The molecule has 148 valence electrons. The highest BCUT2D eigenvalue weighted by Crippen LogP contribution is 2.27. The Labute approximate surface area is 179 Å². The van der Waals surface area contributed by atoms with Crippen LogP contribution in [0, 0.1) is 10.1 Å². The average molecular weight is 464 g/mol. The van der Waals surface area contributed by atoms with E-state index < -0.39 is 23.4 Å². The van der Waals surface area contributed by atoms with Gasteiger partial charge in [-0.05, 0) is 23.8 Å². The first-order valence-electron chi connectivity index (χ1n) is 7.67. The van der Waals surface area contributed by atoms with E-state index in [0.717, 1.165) is 11.6 Å². The highest BCUT2D eigenvalue weighted by atomic mass is 35.5. The number of halogens is 3. The molecule has 0 heterocycles. The Morgan fingerprint density at radius 3 is 2.46 bits per heavy atom. The van der Waals surface area contributed by atoms with E-state index in [1.165, 1.54) is 23.9 Å². The molecule has 7 nitrogen and oxygen atoms in total. The van der Waals surface area contributed by atoms with Gasteiger partial charge in [0.25, 0.3) is 11.6 Å². The number of esters is 1. The summed E-state index contributed by atoms with van der Waals surface area (Å²) in [6.07, 6.45) is 0. The van der Waals surface area contributed by atoms with Crippen molar-refractivity contribution >= 4 is 69.8 Å². The molecule has 1 N–H and O–H groups in total. The molecular weight excluding hydrogens is 451 g/mol. The van der Waals surface area contributed by atoms with Gasteiger partial charge in [0.1, 0.15) is 0 Å². The van der Waals surface area contributed by atoms with Crippen molar-refractivity contribution in [3.63, 3.8) is 0 Å². The fourth-order valence-corrected chi connectivity index (χ4v) is 3.23. The largest absolute Gasteiger partial charge is 0.455 e. The Morgan fingerprint density at radius 1 is 1.07 bits per heavy atom. The predicted molar refractivity (Wildman–Crippen MR) is 110 cm³/mol. The van der Waals surface area contributed by atoms with Gasteiger partial charge < -0.3 is 10.1 Å². The molecular formula is C17H13Cl3N2O5S. The molecule has 0 aliphatic heterocycles. The van der Waals surface area contributed by atoms with E-state index in [2.05, 4.69) is 5.32 Å². The summed E-state index contributed by atoms with van der Waals surface area (Å²) < 4.78 is 4.88. The standard InChI is InChI=1S/C17H13Cl3N2O5S/c18-12-3-1-10(5-14(12)20)8-28-9-17(24)27-7-16(23)21-15-6-11(22(25)26)2-4-13(15)19/h1-6H,7-9H2,(H,21,23). The third-order valence-electron chi connectivity index (χ3n) is 3.27. The number of hydrogen-bond acceptors (Lipinski definition) is 6. The van der Waals surface area contributed by atoms with Gasteiger partial charge in [0.15, 0.2) is 6.61 Å². The summed E-state index contributed by atoms with van der Waals surface area (Å²) in [6, 6.07) is 8.79. The molecule has 2 rings (SSSR count). The van der Waals surface area contributed by atoms with Crippen molar-refractivity contribution in [1.29, 1.82) is 0 Å². The number of non-ortho nitro benzene ring substituents is 1. The highest BCUT2D eigenvalue weighted by Gasteiger charge is 2.13. The second-order valence-corrected chi connectivity index (χ2v) is 7.58. The van der Waals surface area contributed by atoms with Crippen molar-refractivity contribution in [3.8, 4) is 0 Å². The van der Waals surface area contributed by atoms with Crippen molar-refractivity contribution in [1.82, 2.24) is 0 Å². The maximum Gasteiger partial charge on any atom is 0.316 e. The Kier molecular flexibility index (Phi) is 8.37. The predicted octanol–water partition coefficient (Wildman–Crippen LogP) is 4.97. The van der Waals surface area contributed by atoms with E-state index in [1.54, 1.807) is 18.2 Å². The van der Waals surface area contributed by atoms with Crippen LogP contribution in [-0.4, -0.2) is 29.2 Å². The number of carbonyl (C=O) groups excluding carboxylic acids is 2. The molecule has 0 saturated carbocycles. The fraction of sp³-hybridized carbons (Fsp3) is 0.176. The van der Waals surface area contributed by atoms with Crippen LogP contribution in [0.5, 0.6) is 0 Å². The van der Waals surface area contributed by atoms with Crippen LogP contribution >= 0.6 is 46.6 Å². The summed E-state index contributed by atoms with van der Waals surface area (Å²) in [7, 11) is 0. The zero-order chi connectivity index (χ0) is 20.7.